The van der Waals surface area contributed by atoms with Gasteiger partial charge in [0.05, 0.1) is 22.1 Å². The fourth-order valence-corrected chi connectivity index (χ4v) is 1.85. The fourth-order valence-electron chi connectivity index (χ4n) is 1.49. The number of nitrogens with zero attached hydrogens (tertiary/aromatic N) is 1. The molecule has 112 valence electrons. The number of hydrogen-bond donors (Lipinski definition) is 1. The number of halogens is 1. The number of nitro benzene ring substituents is 1. The highest BCUT2D eigenvalue weighted by Gasteiger charge is 2.14. The van der Waals surface area contributed by atoms with E-state index in [9.17, 15) is 10.1 Å². The number of nitrogens with one attached hydrogen (secondary N) is 1. The predicted molar refractivity (Wildman–Crippen MR) is 83.2 cm³/mol. The van der Waals surface area contributed by atoms with Crippen LogP contribution in [0, 0.1) is 16.0 Å². The Morgan fingerprint density at radius 3 is 2.65 bits per heavy atom. The predicted octanol–water partition coefficient (Wildman–Crippen LogP) is 3.76. The summed E-state index contributed by atoms with van der Waals surface area (Å²) in [6.07, 6.45) is 0. The highest BCUT2D eigenvalue weighted by Crippen LogP contribution is 2.29. The third-order valence-corrected chi connectivity index (χ3v) is 3.28. The Hall–Kier alpha value is -1.14. The first-order valence-electron chi connectivity index (χ1n) is 6.51. The Morgan fingerprint density at radius 2 is 2.10 bits per heavy atom. The van der Waals surface area contributed by atoms with Crippen molar-refractivity contribution >= 4 is 21.6 Å². The van der Waals surface area contributed by atoms with E-state index in [4.69, 9.17) is 4.74 Å². The molecule has 1 aromatic carbocycles. The number of nitro groups is 1. The number of benzene rings is 1. The van der Waals surface area contributed by atoms with Crippen LogP contribution in [0.15, 0.2) is 22.7 Å². The maximum atomic E-state index is 10.7. The van der Waals surface area contributed by atoms with Crippen LogP contribution in [0.2, 0.25) is 0 Å². The van der Waals surface area contributed by atoms with Gasteiger partial charge in [0.2, 0.25) is 0 Å². The molecule has 0 bridgehead atoms. The molecule has 0 aliphatic heterocycles. The maximum absolute atomic E-state index is 10.7. The lowest BCUT2D eigenvalue weighted by molar-refractivity contribution is -0.385. The molecule has 1 atom stereocenters. The Labute approximate surface area is 128 Å². The molecule has 0 amide bonds. The van der Waals surface area contributed by atoms with Gasteiger partial charge in [0.15, 0.2) is 0 Å². The quantitative estimate of drug-likeness (QED) is 0.630. The molecule has 0 radical (unpaired) electrons. The third kappa shape index (κ3) is 5.88. The fraction of sp³-hybridized carbons (Fsp3) is 0.571. The molecule has 0 saturated heterocycles. The Morgan fingerprint density at radius 1 is 1.45 bits per heavy atom. The van der Waals surface area contributed by atoms with Crippen molar-refractivity contribution in [2.24, 2.45) is 5.92 Å². The lowest BCUT2D eigenvalue weighted by Crippen LogP contribution is -2.39. The molecule has 5 nitrogen and oxygen atoms in total. The molecule has 1 N–H and O–H groups in total. The second-order valence-corrected chi connectivity index (χ2v) is 6.77. The molecular weight excluding hydrogens is 324 g/mol. The monoisotopic (exact) mass is 344 g/mol. The maximum Gasteiger partial charge on any atom is 0.273 e. The molecule has 0 fully saturated rings. The summed E-state index contributed by atoms with van der Waals surface area (Å²) in [7, 11) is 0. The second kappa shape index (κ2) is 7.04. The average Bonchev–Trinajstić information content (AvgIpc) is 2.34. The smallest absolute Gasteiger partial charge is 0.273 e. The highest BCUT2D eigenvalue weighted by molar-refractivity contribution is 9.10. The minimum Gasteiger partial charge on any atom is -0.492 e. The molecule has 0 aliphatic carbocycles. The van der Waals surface area contributed by atoms with Gasteiger partial charge in [-0.2, -0.15) is 0 Å². The summed E-state index contributed by atoms with van der Waals surface area (Å²) in [4.78, 5) is 10.3. The number of non-ortho nitro benzene ring substituents is 1. The summed E-state index contributed by atoms with van der Waals surface area (Å²) in [5.41, 5.74) is 0.101. The molecule has 0 spiro atoms. The van der Waals surface area contributed by atoms with Gasteiger partial charge < -0.3 is 10.1 Å². The highest BCUT2D eigenvalue weighted by atomic mass is 79.9. The Balaban J connectivity index is 2.56. The first kappa shape index (κ1) is 16.9. The van der Waals surface area contributed by atoms with Gasteiger partial charge in [0.1, 0.15) is 5.75 Å². The summed E-state index contributed by atoms with van der Waals surface area (Å²) in [5, 5.41) is 14.1. The molecule has 0 saturated carbocycles. The Bertz CT molecular complexity index is 472. The van der Waals surface area contributed by atoms with Gasteiger partial charge in [-0.05, 0) is 42.8 Å². The summed E-state index contributed by atoms with van der Waals surface area (Å²) >= 11 is 3.34. The van der Waals surface area contributed by atoms with Gasteiger partial charge >= 0.3 is 0 Å². The number of hydrogen-bond acceptors (Lipinski definition) is 4. The minimum absolute atomic E-state index is 0.0312. The number of rotatable bonds is 6. The first-order chi connectivity index (χ1) is 9.19. The summed E-state index contributed by atoms with van der Waals surface area (Å²) in [5.74, 6) is 0.808. The summed E-state index contributed by atoms with van der Waals surface area (Å²) in [6, 6.07) is 4.51. The minimum atomic E-state index is -0.427. The SMILES string of the molecule is CC(CNC(C)(C)C)COc1cc([N+](=O)[O-])ccc1Br. The summed E-state index contributed by atoms with van der Waals surface area (Å²) in [6.45, 7) is 9.73. The van der Waals surface area contributed by atoms with Gasteiger partial charge in [0.25, 0.3) is 5.69 Å². The molecular formula is C14H21BrN2O3. The van der Waals surface area contributed by atoms with Crippen LogP contribution in [0.1, 0.15) is 27.7 Å². The molecule has 0 heterocycles. The lowest BCUT2D eigenvalue weighted by atomic mass is 10.1. The second-order valence-electron chi connectivity index (χ2n) is 5.92. The molecule has 0 aromatic heterocycles. The molecule has 1 unspecified atom stereocenters. The van der Waals surface area contributed by atoms with E-state index in [2.05, 4.69) is 48.9 Å². The van der Waals surface area contributed by atoms with E-state index in [1.807, 2.05) is 0 Å². The molecule has 0 aliphatic rings. The van der Waals surface area contributed by atoms with Crippen molar-refractivity contribution in [1.82, 2.24) is 5.32 Å². The zero-order chi connectivity index (χ0) is 15.3. The lowest BCUT2D eigenvalue weighted by Gasteiger charge is -2.23. The van der Waals surface area contributed by atoms with Crippen LogP contribution in [0.5, 0.6) is 5.75 Å². The van der Waals surface area contributed by atoms with Crippen LogP contribution in [0.25, 0.3) is 0 Å². The van der Waals surface area contributed by atoms with Gasteiger partial charge in [0, 0.05) is 24.1 Å². The van der Waals surface area contributed by atoms with Gasteiger partial charge in [-0.1, -0.05) is 6.92 Å². The van der Waals surface area contributed by atoms with Crippen LogP contribution in [0.4, 0.5) is 5.69 Å². The van der Waals surface area contributed by atoms with Crippen molar-refractivity contribution in [2.45, 2.75) is 33.2 Å². The zero-order valence-corrected chi connectivity index (χ0v) is 13.9. The van der Waals surface area contributed by atoms with Crippen molar-refractivity contribution in [1.29, 1.82) is 0 Å². The Kier molecular flexibility index (Phi) is 5.95. The van der Waals surface area contributed by atoms with Crippen LogP contribution < -0.4 is 10.1 Å². The van der Waals surface area contributed by atoms with Crippen molar-refractivity contribution in [3.8, 4) is 5.75 Å². The van der Waals surface area contributed by atoms with Crippen molar-refractivity contribution in [3.63, 3.8) is 0 Å². The van der Waals surface area contributed by atoms with E-state index >= 15 is 0 Å². The van der Waals surface area contributed by atoms with Crippen molar-refractivity contribution < 1.29 is 9.66 Å². The molecule has 1 rings (SSSR count). The zero-order valence-electron chi connectivity index (χ0n) is 12.3. The van der Waals surface area contributed by atoms with Crippen LogP contribution >= 0.6 is 15.9 Å². The largest absolute Gasteiger partial charge is 0.492 e. The van der Waals surface area contributed by atoms with E-state index in [1.54, 1.807) is 6.07 Å². The van der Waals surface area contributed by atoms with Crippen LogP contribution in [0.3, 0.4) is 0 Å². The normalized spacial score (nSPS) is 13.1. The number of ether oxygens (including phenoxy) is 1. The third-order valence-electron chi connectivity index (χ3n) is 2.63. The van der Waals surface area contributed by atoms with E-state index in [-0.39, 0.29) is 11.2 Å². The first-order valence-corrected chi connectivity index (χ1v) is 7.30. The van der Waals surface area contributed by atoms with Gasteiger partial charge in [-0.25, -0.2) is 0 Å². The van der Waals surface area contributed by atoms with Crippen molar-refractivity contribution in [3.05, 3.63) is 32.8 Å². The molecule has 6 heteroatoms. The molecule has 1 aromatic rings. The van der Waals surface area contributed by atoms with Crippen LogP contribution in [-0.2, 0) is 0 Å². The van der Waals surface area contributed by atoms with Gasteiger partial charge in [-0.3, -0.25) is 10.1 Å². The topological polar surface area (TPSA) is 64.4 Å². The molecule has 20 heavy (non-hydrogen) atoms. The van der Waals surface area contributed by atoms with Gasteiger partial charge in [-0.15, -0.1) is 0 Å². The summed E-state index contributed by atoms with van der Waals surface area (Å²) < 4.78 is 6.38. The van der Waals surface area contributed by atoms with Crippen LogP contribution in [-0.4, -0.2) is 23.6 Å². The van der Waals surface area contributed by atoms with E-state index < -0.39 is 4.92 Å². The van der Waals surface area contributed by atoms with E-state index in [0.717, 1.165) is 11.0 Å². The van der Waals surface area contributed by atoms with Crippen molar-refractivity contribution in [2.75, 3.05) is 13.2 Å². The van der Waals surface area contributed by atoms with E-state index in [1.165, 1.54) is 12.1 Å². The van der Waals surface area contributed by atoms with E-state index in [0.29, 0.717) is 18.3 Å². The standard InChI is InChI=1S/C14H21BrN2O3/c1-10(8-16-14(2,3)4)9-20-13-7-11(17(18)19)5-6-12(13)15/h5-7,10,16H,8-9H2,1-4H3. The average molecular weight is 345 g/mol.